The largest absolute Gasteiger partial charge is 0.370 e. The molecule has 2 aromatic rings. The number of carbonyl (C=O) groups excluding carboxylic acids is 2. The van der Waals surface area contributed by atoms with Crippen molar-refractivity contribution in [2.24, 2.45) is 11.7 Å². The van der Waals surface area contributed by atoms with Gasteiger partial charge in [-0.05, 0) is 61.1 Å². The first-order valence-corrected chi connectivity index (χ1v) is 9.28. The third-order valence-corrected chi connectivity index (χ3v) is 5.41. The van der Waals surface area contributed by atoms with Gasteiger partial charge < -0.3 is 16.0 Å². The van der Waals surface area contributed by atoms with Gasteiger partial charge in [0.25, 0.3) is 0 Å². The van der Waals surface area contributed by atoms with E-state index in [0.717, 1.165) is 43.6 Å². The van der Waals surface area contributed by atoms with Crippen LogP contribution in [0.1, 0.15) is 41.1 Å². The predicted octanol–water partition coefficient (Wildman–Crippen LogP) is 3.27. The number of carbonyl (C=O) groups is 2. The highest BCUT2D eigenvalue weighted by molar-refractivity contribution is 6.01. The summed E-state index contributed by atoms with van der Waals surface area (Å²) in [6.45, 7) is 1.86. The van der Waals surface area contributed by atoms with Gasteiger partial charge in [0.05, 0.1) is 11.4 Å². The van der Waals surface area contributed by atoms with Gasteiger partial charge in [0.1, 0.15) is 5.82 Å². The van der Waals surface area contributed by atoms with Gasteiger partial charge in [-0.3, -0.25) is 9.59 Å². The molecule has 0 aromatic heterocycles. The van der Waals surface area contributed by atoms with E-state index < -0.39 is 5.91 Å². The van der Waals surface area contributed by atoms with E-state index in [1.807, 2.05) is 6.07 Å². The maximum atomic E-state index is 13.1. The maximum Gasteiger partial charge on any atom is 0.248 e. The monoisotopic (exact) mass is 367 g/mol. The lowest BCUT2D eigenvalue weighted by Gasteiger charge is -2.22. The molecule has 0 spiro atoms. The van der Waals surface area contributed by atoms with Crippen LogP contribution < -0.4 is 16.0 Å². The number of halogens is 1. The highest BCUT2D eigenvalue weighted by atomic mass is 19.1. The number of nitrogens with zero attached hydrogens (tertiary/aromatic N) is 1. The fraction of sp³-hybridized carbons (Fsp3) is 0.333. The third-order valence-electron chi connectivity index (χ3n) is 5.41. The van der Waals surface area contributed by atoms with Gasteiger partial charge in [-0.2, -0.15) is 0 Å². The molecule has 2 atom stereocenters. The summed E-state index contributed by atoms with van der Waals surface area (Å²) in [5, 5.41) is 2.99. The molecule has 0 bridgehead atoms. The molecule has 2 aromatic carbocycles. The molecule has 0 radical (unpaired) electrons. The molecule has 3 N–H and O–H groups in total. The van der Waals surface area contributed by atoms with Crippen LogP contribution in [0.2, 0.25) is 0 Å². The molecule has 2 fully saturated rings. The molecule has 2 unspecified atom stereocenters. The summed E-state index contributed by atoms with van der Waals surface area (Å²) in [5.41, 5.74) is 8.30. The van der Waals surface area contributed by atoms with Crippen LogP contribution in [-0.4, -0.2) is 24.9 Å². The zero-order valence-electron chi connectivity index (χ0n) is 15.0. The Kier molecular flexibility index (Phi) is 4.56. The highest BCUT2D eigenvalue weighted by Gasteiger charge is 2.44. The second kappa shape index (κ2) is 7.02. The van der Waals surface area contributed by atoms with Crippen molar-refractivity contribution in [1.29, 1.82) is 0 Å². The normalized spacial score (nSPS) is 21.1. The molecular weight excluding hydrogens is 345 g/mol. The Labute approximate surface area is 157 Å². The van der Waals surface area contributed by atoms with Crippen molar-refractivity contribution in [2.45, 2.75) is 25.2 Å². The summed E-state index contributed by atoms with van der Waals surface area (Å²) in [6.07, 6.45) is 2.96. The van der Waals surface area contributed by atoms with Gasteiger partial charge in [-0.25, -0.2) is 4.39 Å². The minimum atomic E-state index is -0.519. The highest BCUT2D eigenvalue weighted by Crippen LogP contribution is 2.48. The molecule has 2 aliphatic rings. The minimum Gasteiger partial charge on any atom is -0.370 e. The molecule has 2 amide bonds. The quantitative estimate of drug-likeness (QED) is 0.852. The molecule has 1 saturated carbocycles. The Morgan fingerprint density at radius 1 is 1.07 bits per heavy atom. The van der Waals surface area contributed by atoms with Gasteiger partial charge in [0.2, 0.25) is 11.8 Å². The molecule has 5 nitrogen and oxygen atoms in total. The molecule has 27 heavy (non-hydrogen) atoms. The van der Waals surface area contributed by atoms with Crippen LogP contribution in [-0.2, 0) is 4.79 Å². The van der Waals surface area contributed by atoms with Crippen LogP contribution in [0.25, 0.3) is 0 Å². The number of hydrogen-bond donors (Lipinski definition) is 2. The molecular formula is C21H22FN3O2. The van der Waals surface area contributed by atoms with E-state index in [-0.39, 0.29) is 23.6 Å². The topological polar surface area (TPSA) is 75.4 Å². The van der Waals surface area contributed by atoms with E-state index in [9.17, 15) is 14.0 Å². The number of anilines is 2. The summed E-state index contributed by atoms with van der Waals surface area (Å²) in [5.74, 6) is -0.904. The average Bonchev–Trinajstić information content (AvgIpc) is 3.27. The number of nitrogens with two attached hydrogens (primary N) is 1. The van der Waals surface area contributed by atoms with Crippen LogP contribution in [0.15, 0.2) is 42.5 Å². The van der Waals surface area contributed by atoms with Crippen LogP contribution in [0, 0.1) is 11.7 Å². The van der Waals surface area contributed by atoms with Gasteiger partial charge in [0.15, 0.2) is 0 Å². The van der Waals surface area contributed by atoms with Crippen molar-refractivity contribution in [3.8, 4) is 0 Å². The Morgan fingerprint density at radius 3 is 2.44 bits per heavy atom. The van der Waals surface area contributed by atoms with E-state index in [4.69, 9.17) is 5.73 Å². The lowest BCUT2D eigenvalue weighted by molar-refractivity contribution is -0.117. The summed E-state index contributed by atoms with van der Waals surface area (Å²) >= 11 is 0. The van der Waals surface area contributed by atoms with Crippen molar-refractivity contribution < 1.29 is 14.0 Å². The van der Waals surface area contributed by atoms with E-state index in [0.29, 0.717) is 11.3 Å². The Hall–Kier alpha value is -2.89. The maximum absolute atomic E-state index is 13.1. The second-order valence-electron chi connectivity index (χ2n) is 7.28. The zero-order chi connectivity index (χ0) is 19.0. The third kappa shape index (κ3) is 3.65. The minimum absolute atomic E-state index is 0.0774. The first-order chi connectivity index (χ1) is 13.0. The van der Waals surface area contributed by atoms with Gasteiger partial charge >= 0.3 is 0 Å². The molecule has 1 heterocycles. The first-order valence-electron chi connectivity index (χ1n) is 9.28. The Morgan fingerprint density at radius 2 is 1.78 bits per heavy atom. The zero-order valence-corrected chi connectivity index (χ0v) is 15.0. The fourth-order valence-corrected chi connectivity index (χ4v) is 3.81. The predicted molar refractivity (Wildman–Crippen MR) is 102 cm³/mol. The van der Waals surface area contributed by atoms with Crippen molar-refractivity contribution in [3.63, 3.8) is 0 Å². The van der Waals surface area contributed by atoms with Gasteiger partial charge in [0, 0.05) is 24.6 Å². The van der Waals surface area contributed by atoms with Crippen molar-refractivity contribution in [2.75, 3.05) is 23.3 Å². The van der Waals surface area contributed by atoms with Crippen LogP contribution >= 0.6 is 0 Å². The molecule has 1 saturated heterocycles. The summed E-state index contributed by atoms with van der Waals surface area (Å²) in [6, 6.07) is 11.5. The van der Waals surface area contributed by atoms with Crippen LogP contribution in [0.4, 0.5) is 15.8 Å². The fourth-order valence-electron chi connectivity index (χ4n) is 3.81. The molecule has 1 aliphatic carbocycles. The smallest absolute Gasteiger partial charge is 0.248 e. The Balaban J connectivity index is 1.52. The number of amides is 2. The number of rotatable bonds is 5. The first kappa shape index (κ1) is 17.5. The second-order valence-corrected chi connectivity index (χ2v) is 7.28. The van der Waals surface area contributed by atoms with Crippen molar-refractivity contribution in [3.05, 3.63) is 59.4 Å². The molecule has 1 aliphatic heterocycles. The van der Waals surface area contributed by atoms with E-state index in [1.54, 1.807) is 24.3 Å². The van der Waals surface area contributed by atoms with Crippen molar-refractivity contribution in [1.82, 2.24) is 0 Å². The summed E-state index contributed by atoms with van der Waals surface area (Å²) in [7, 11) is 0. The summed E-state index contributed by atoms with van der Waals surface area (Å²) < 4.78 is 13.1. The average molecular weight is 367 g/mol. The SMILES string of the molecule is NC(=O)c1ccc(N2CCCC2)c(NC(=O)C2CC2c2ccc(F)cc2)c1. The van der Waals surface area contributed by atoms with Crippen LogP contribution in [0.5, 0.6) is 0 Å². The number of primary amides is 1. The lowest BCUT2D eigenvalue weighted by atomic mass is 10.1. The number of benzene rings is 2. The van der Waals surface area contributed by atoms with Crippen LogP contribution in [0.3, 0.4) is 0 Å². The van der Waals surface area contributed by atoms with Gasteiger partial charge in [-0.1, -0.05) is 12.1 Å². The van der Waals surface area contributed by atoms with E-state index >= 15 is 0 Å². The van der Waals surface area contributed by atoms with Gasteiger partial charge in [-0.15, -0.1) is 0 Å². The van der Waals surface area contributed by atoms with E-state index in [1.165, 1.54) is 12.1 Å². The van der Waals surface area contributed by atoms with E-state index in [2.05, 4.69) is 10.2 Å². The molecule has 140 valence electrons. The lowest BCUT2D eigenvalue weighted by Crippen LogP contribution is -2.23. The number of nitrogens with one attached hydrogen (secondary N) is 1. The van der Waals surface area contributed by atoms with Crippen molar-refractivity contribution >= 4 is 23.2 Å². The summed E-state index contributed by atoms with van der Waals surface area (Å²) in [4.78, 5) is 26.5. The molecule has 6 heteroatoms. The standard InChI is InChI=1S/C21H22FN3O2/c22-15-6-3-13(4-7-15)16-12-17(16)21(27)24-18-11-14(20(23)26)5-8-19(18)25-9-1-2-10-25/h3-8,11,16-17H,1-2,9-10,12H2,(H2,23,26)(H,24,27). The molecule has 4 rings (SSSR count). The number of hydrogen-bond acceptors (Lipinski definition) is 3. The Bertz CT molecular complexity index is 875.